The maximum absolute atomic E-state index is 13.3. The van der Waals surface area contributed by atoms with Crippen LogP contribution < -0.4 is 15.1 Å². The van der Waals surface area contributed by atoms with Crippen molar-refractivity contribution >= 4 is 44.8 Å². The van der Waals surface area contributed by atoms with Gasteiger partial charge in [-0.05, 0) is 49.0 Å². The third kappa shape index (κ3) is 5.59. The van der Waals surface area contributed by atoms with Crippen molar-refractivity contribution in [2.75, 3.05) is 60.9 Å². The van der Waals surface area contributed by atoms with Crippen LogP contribution in [0, 0.1) is 0 Å². The number of anilines is 3. The number of likely N-dealkylation sites (N-methyl/N-ethyl adjacent to an activating group) is 1. The molecule has 2 saturated heterocycles. The van der Waals surface area contributed by atoms with Crippen LogP contribution in [-0.4, -0.2) is 81.2 Å². The minimum absolute atomic E-state index is 0.119. The first kappa shape index (κ1) is 27.7. The van der Waals surface area contributed by atoms with Gasteiger partial charge in [-0.2, -0.15) is 4.31 Å². The highest BCUT2D eigenvalue weighted by atomic mass is 32.2. The molecule has 0 spiro atoms. The van der Waals surface area contributed by atoms with Crippen LogP contribution in [0.3, 0.4) is 0 Å². The van der Waals surface area contributed by atoms with E-state index in [1.807, 2.05) is 0 Å². The third-order valence-electron chi connectivity index (χ3n) is 7.16. The van der Waals surface area contributed by atoms with Crippen molar-refractivity contribution in [2.45, 2.75) is 38.5 Å². The van der Waals surface area contributed by atoms with Gasteiger partial charge in [-0.15, -0.1) is 0 Å². The number of amides is 3. The zero-order chi connectivity index (χ0) is 27.4. The lowest BCUT2D eigenvalue weighted by molar-refractivity contribution is -0.121. The molecule has 4 rings (SSSR count). The Kier molecular flexibility index (Phi) is 8.49. The summed E-state index contributed by atoms with van der Waals surface area (Å²) in [5, 5.41) is 2.92. The van der Waals surface area contributed by atoms with Crippen molar-refractivity contribution in [3.8, 4) is 0 Å². The summed E-state index contributed by atoms with van der Waals surface area (Å²) < 4.78 is 27.8. The van der Waals surface area contributed by atoms with Gasteiger partial charge in [0.15, 0.2) is 0 Å². The zero-order valence-corrected chi connectivity index (χ0v) is 23.0. The van der Waals surface area contributed by atoms with Crippen molar-refractivity contribution in [3.63, 3.8) is 0 Å². The standard InChI is InChI=1S/C27H35N5O5S/c1-4-29-15-17-30(18-16-29)24-12-11-22(38(36,37)31(5-2)6-3)19-23(24)28-27(35)20-7-9-21(10-8-20)32-25(33)13-14-26(32)34/h7-12,19H,4-6,13-18H2,1-3H3,(H,28,35). The lowest BCUT2D eigenvalue weighted by Gasteiger charge is -2.36. The Bertz CT molecular complexity index is 1280. The summed E-state index contributed by atoms with van der Waals surface area (Å²) in [6.45, 7) is 10.6. The molecule has 2 fully saturated rings. The van der Waals surface area contributed by atoms with E-state index >= 15 is 0 Å². The lowest BCUT2D eigenvalue weighted by atomic mass is 10.1. The van der Waals surface area contributed by atoms with Crippen LogP contribution in [0.25, 0.3) is 0 Å². The van der Waals surface area contributed by atoms with Gasteiger partial charge in [0.1, 0.15) is 0 Å². The molecule has 2 aromatic carbocycles. The highest BCUT2D eigenvalue weighted by Crippen LogP contribution is 2.32. The van der Waals surface area contributed by atoms with Crippen molar-refractivity contribution in [1.29, 1.82) is 0 Å². The first-order chi connectivity index (χ1) is 18.2. The number of sulfonamides is 1. The molecule has 0 unspecified atom stereocenters. The fraction of sp³-hybridized carbons (Fsp3) is 0.444. The van der Waals surface area contributed by atoms with Gasteiger partial charge in [0.2, 0.25) is 21.8 Å². The van der Waals surface area contributed by atoms with E-state index in [4.69, 9.17) is 0 Å². The monoisotopic (exact) mass is 541 g/mol. The van der Waals surface area contributed by atoms with Gasteiger partial charge in [-0.25, -0.2) is 8.42 Å². The smallest absolute Gasteiger partial charge is 0.255 e. The van der Waals surface area contributed by atoms with Crippen molar-refractivity contribution in [1.82, 2.24) is 9.21 Å². The average Bonchev–Trinajstić information content (AvgIpc) is 3.26. The Morgan fingerprint density at radius 3 is 2.05 bits per heavy atom. The van der Waals surface area contributed by atoms with Crippen molar-refractivity contribution < 1.29 is 22.8 Å². The average molecular weight is 542 g/mol. The number of hydrogen-bond acceptors (Lipinski definition) is 7. The quantitative estimate of drug-likeness (QED) is 0.486. The molecular formula is C27H35N5O5S. The molecule has 0 saturated carbocycles. The summed E-state index contributed by atoms with van der Waals surface area (Å²) in [6, 6.07) is 11.2. The molecule has 3 amide bonds. The molecule has 204 valence electrons. The second-order valence-electron chi connectivity index (χ2n) is 9.31. The number of carbonyl (C=O) groups excluding carboxylic acids is 3. The van der Waals surface area contributed by atoms with E-state index < -0.39 is 15.9 Å². The Morgan fingerprint density at radius 2 is 1.50 bits per heavy atom. The number of nitrogens with one attached hydrogen (secondary N) is 1. The van der Waals surface area contributed by atoms with Crippen molar-refractivity contribution in [3.05, 3.63) is 48.0 Å². The molecule has 10 nitrogen and oxygen atoms in total. The highest BCUT2D eigenvalue weighted by molar-refractivity contribution is 7.89. The van der Waals surface area contributed by atoms with E-state index in [1.165, 1.54) is 10.4 Å². The van der Waals surface area contributed by atoms with Crippen LogP contribution in [0.1, 0.15) is 44.0 Å². The van der Waals surface area contributed by atoms with Gasteiger partial charge in [-0.1, -0.05) is 20.8 Å². The van der Waals surface area contributed by atoms with Crippen LogP contribution in [0.2, 0.25) is 0 Å². The fourth-order valence-corrected chi connectivity index (χ4v) is 6.37. The number of imide groups is 1. The normalized spacial score (nSPS) is 16.9. The summed E-state index contributed by atoms with van der Waals surface area (Å²) in [6.07, 6.45) is 0.367. The molecule has 2 heterocycles. The molecule has 1 N–H and O–H groups in total. The SMILES string of the molecule is CCN1CCN(c2ccc(S(=O)(=O)N(CC)CC)cc2NC(=O)c2ccc(N3C(=O)CCC3=O)cc2)CC1. The van der Waals surface area contributed by atoms with E-state index in [-0.39, 0.29) is 29.6 Å². The van der Waals surface area contributed by atoms with Gasteiger partial charge < -0.3 is 15.1 Å². The molecule has 0 radical (unpaired) electrons. The van der Waals surface area contributed by atoms with Gasteiger partial charge >= 0.3 is 0 Å². The van der Waals surface area contributed by atoms with E-state index in [9.17, 15) is 22.8 Å². The molecule has 0 aliphatic carbocycles. The van der Waals surface area contributed by atoms with E-state index in [1.54, 1.807) is 50.2 Å². The molecular weight excluding hydrogens is 506 g/mol. The van der Waals surface area contributed by atoms with Crippen LogP contribution in [0.5, 0.6) is 0 Å². The Labute approximate surface area is 224 Å². The lowest BCUT2D eigenvalue weighted by Crippen LogP contribution is -2.46. The molecule has 0 aromatic heterocycles. The van der Waals surface area contributed by atoms with Gasteiger partial charge in [0.25, 0.3) is 5.91 Å². The summed E-state index contributed by atoms with van der Waals surface area (Å²) in [7, 11) is -3.72. The van der Waals surface area contributed by atoms with Crippen LogP contribution in [0.15, 0.2) is 47.4 Å². The number of piperazine rings is 1. The topological polar surface area (TPSA) is 110 Å². The van der Waals surface area contributed by atoms with E-state index in [2.05, 4.69) is 22.0 Å². The zero-order valence-electron chi connectivity index (χ0n) is 22.1. The second-order valence-corrected chi connectivity index (χ2v) is 11.3. The third-order valence-corrected chi connectivity index (χ3v) is 9.20. The predicted octanol–water partition coefficient (Wildman–Crippen LogP) is 2.76. The molecule has 0 atom stereocenters. The predicted molar refractivity (Wildman–Crippen MR) is 147 cm³/mol. The minimum atomic E-state index is -3.72. The Hall–Kier alpha value is -3.28. The summed E-state index contributed by atoms with van der Waals surface area (Å²) >= 11 is 0. The molecule has 2 aliphatic rings. The Balaban J connectivity index is 1.63. The van der Waals surface area contributed by atoms with Crippen LogP contribution >= 0.6 is 0 Å². The Morgan fingerprint density at radius 1 is 0.895 bits per heavy atom. The number of rotatable bonds is 9. The number of nitrogens with zero attached hydrogens (tertiary/aromatic N) is 4. The van der Waals surface area contributed by atoms with Crippen molar-refractivity contribution in [2.24, 2.45) is 0 Å². The molecule has 38 heavy (non-hydrogen) atoms. The van der Waals surface area contributed by atoms with Gasteiger partial charge in [-0.3, -0.25) is 19.3 Å². The van der Waals surface area contributed by atoms with Gasteiger partial charge in [0, 0.05) is 57.7 Å². The fourth-order valence-electron chi connectivity index (χ4n) is 4.89. The largest absolute Gasteiger partial charge is 0.367 e. The number of benzene rings is 2. The van der Waals surface area contributed by atoms with Gasteiger partial charge in [0.05, 0.1) is 22.0 Å². The maximum Gasteiger partial charge on any atom is 0.255 e. The maximum atomic E-state index is 13.3. The second kappa shape index (κ2) is 11.6. The molecule has 11 heteroatoms. The first-order valence-corrected chi connectivity index (χ1v) is 14.5. The number of carbonyl (C=O) groups is 3. The van der Waals surface area contributed by atoms with Crippen LogP contribution in [-0.2, 0) is 19.6 Å². The van der Waals surface area contributed by atoms with E-state index in [0.29, 0.717) is 30.0 Å². The summed E-state index contributed by atoms with van der Waals surface area (Å²) in [5.41, 5.74) is 1.93. The minimum Gasteiger partial charge on any atom is -0.367 e. The first-order valence-electron chi connectivity index (χ1n) is 13.1. The molecule has 2 aliphatic heterocycles. The van der Waals surface area contributed by atoms with Crippen LogP contribution in [0.4, 0.5) is 17.1 Å². The summed E-state index contributed by atoms with van der Waals surface area (Å²) in [5.74, 6) is -0.932. The summed E-state index contributed by atoms with van der Waals surface area (Å²) in [4.78, 5) is 43.1. The molecule has 2 aromatic rings. The highest BCUT2D eigenvalue weighted by Gasteiger charge is 2.30. The van der Waals surface area contributed by atoms with E-state index in [0.717, 1.165) is 43.3 Å². The number of hydrogen-bond donors (Lipinski definition) is 1. The molecule has 0 bridgehead atoms.